The zero-order chi connectivity index (χ0) is 11.5. The van der Waals surface area contributed by atoms with Crippen molar-refractivity contribution in [3.05, 3.63) is 39.8 Å². The summed E-state index contributed by atoms with van der Waals surface area (Å²) in [4.78, 5) is 0. The summed E-state index contributed by atoms with van der Waals surface area (Å²) in [6.07, 6.45) is 1.01. The third-order valence-corrected chi connectivity index (χ3v) is 3.50. The Kier molecular flexibility index (Phi) is 3.41. The maximum Gasteiger partial charge on any atom is 0.0597 e. The molecule has 0 saturated carbocycles. The largest absolute Gasteiger partial charge is 0.311 e. The number of aryl methyl sites for hydroxylation is 2. The van der Waals surface area contributed by atoms with E-state index in [9.17, 15) is 0 Å². The van der Waals surface area contributed by atoms with Gasteiger partial charge >= 0.3 is 0 Å². The minimum absolute atomic E-state index is 0.334. The number of hydrogen-bond acceptors (Lipinski definition) is 3. The lowest BCUT2D eigenvalue weighted by molar-refractivity contribution is 0.537. The molecule has 0 bridgehead atoms. The van der Waals surface area contributed by atoms with Crippen LogP contribution >= 0.6 is 11.3 Å². The molecule has 4 heteroatoms. The molecule has 0 aromatic carbocycles. The minimum atomic E-state index is 0.334. The topological polar surface area (TPSA) is 29.9 Å². The molecule has 2 heterocycles. The molecule has 0 aliphatic heterocycles. The van der Waals surface area contributed by atoms with Crippen molar-refractivity contribution in [3.8, 4) is 0 Å². The quantitative estimate of drug-likeness (QED) is 0.881. The maximum absolute atomic E-state index is 4.39. The zero-order valence-corrected chi connectivity index (χ0v) is 10.7. The van der Waals surface area contributed by atoms with Gasteiger partial charge in [-0.1, -0.05) is 0 Å². The van der Waals surface area contributed by atoms with Crippen LogP contribution in [0.15, 0.2) is 22.9 Å². The monoisotopic (exact) mass is 235 g/mol. The van der Waals surface area contributed by atoms with Gasteiger partial charge in [0.2, 0.25) is 0 Å². The lowest BCUT2D eigenvalue weighted by atomic mass is 10.1. The smallest absolute Gasteiger partial charge is 0.0597 e. The molecule has 0 spiro atoms. The highest BCUT2D eigenvalue weighted by Gasteiger charge is 2.14. The molecule has 2 rings (SSSR count). The molecule has 0 fully saturated rings. The highest BCUT2D eigenvalue weighted by molar-refractivity contribution is 7.07. The molecule has 0 saturated heterocycles. The Morgan fingerprint density at radius 2 is 2.38 bits per heavy atom. The standard InChI is InChI=1S/C12H17N3S/c1-9-6-12(15(3)14-9)11(13-2)7-10-4-5-16-8-10/h4-6,8,11,13H,7H2,1-3H3. The number of aromatic nitrogens is 2. The second-order valence-corrected chi connectivity index (χ2v) is 4.79. The summed E-state index contributed by atoms with van der Waals surface area (Å²) < 4.78 is 1.96. The molecule has 0 aliphatic carbocycles. The first-order valence-electron chi connectivity index (χ1n) is 5.39. The molecular weight excluding hydrogens is 218 g/mol. The summed E-state index contributed by atoms with van der Waals surface area (Å²) in [5, 5.41) is 12.1. The lowest BCUT2D eigenvalue weighted by Gasteiger charge is -2.15. The van der Waals surface area contributed by atoms with Crippen LogP contribution < -0.4 is 5.32 Å². The molecular formula is C12H17N3S. The van der Waals surface area contributed by atoms with Gasteiger partial charge in [-0.25, -0.2) is 0 Å². The summed E-state index contributed by atoms with van der Waals surface area (Å²) in [6.45, 7) is 2.03. The Morgan fingerprint density at radius 1 is 1.56 bits per heavy atom. The van der Waals surface area contributed by atoms with Crippen molar-refractivity contribution in [3.63, 3.8) is 0 Å². The van der Waals surface area contributed by atoms with E-state index in [2.05, 4.69) is 33.3 Å². The fourth-order valence-electron chi connectivity index (χ4n) is 1.96. The summed E-state index contributed by atoms with van der Waals surface area (Å²) in [6, 6.07) is 4.66. The van der Waals surface area contributed by atoms with E-state index in [4.69, 9.17) is 0 Å². The van der Waals surface area contributed by atoms with Gasteiger partial charge in [-0.05, 0) is 48.8 Å². The molecule has 1 N–H and O–H groups in total. The van der Waals surface area contributed by atoms with E-state index in [0.29, 0.717) is 6.04 Å². The molecule has 0 amide bonds. The molecule has 2 aromatic rings. The number of likely N-dealkylation sites (N-methyl/N-ethyl adjacent to an activating group) is 1. The van der Waals surface area contributed by atoms with Crippen LogP contribution in [-0.2, 0) is 13.5 Å². The predicted octanol–water partition coefficient (Wildman–Crippen LogP) is 2.29. The van der Waals surface area contributed by atoms with E-state index in [1.54, 1.807) is 11.3 Å². The van der Waals surface area contributed by atoms with Crippen LogP contribution in [0.25, 0.3) is 0 Å². The Morgan fingerprint density at radius 3 is 2.88 bits per heavy atom. The van der Waals surface area contributed by atoms with Gasteiger partial charge in [-0.2, -0.15) is 16.4 Å². The predicted molar refractivity (Wildman–Crippen MR) is 67.8 cm³/mol. The molecule has 0 radical (unpaired) electrons. The molecule has 86 valence electrons. The van der Waals surface area contributed by atoms with Crippen LogP contribution in [0.3, 0.4) is 0 Å². The minimum Gasteiger partial charge on any atom is -0.311 e. The Hall–Kier alpha value is -1.13. The average Bonchev–Trinajstić information content (AvgIpc) is 2.85. The number of nitrogens with one attached hydrogen (secondary N) is 1. The van der Waals surface area contributed by atoms with E-state index in [-0.39, 0.29) is 0 Å². The van der Waals surface area contributed by atoms with Gasteiger partial charge in [0, 0.05) is 7.05 Å². The fourth-order valence-corrected chi connectivity index (χ4v) is 2.64. The second-order valence-electron chi connectivity index (χ2n) is 4.01. The number of nitrogens with zero attached hydrogens (tertiary/aromatic N) is 2. The van der Waals surface area contributed by atoms with Gasteiger partial charge in [0.1, 0.15) is 0 Å². The van der Waals surface area contributed by atoms with Gasteiger partial charge in [-0.3, -0.25) is 4.68 Å². The number of thiophene rings is 1. The third kappa shape index (κ3) is 2.33. The van der Waals surface area contributed by atoms with Crippen LogP contribution in [0.1, 0.15) is 23.0 Å². The first-order valence-corrected chi connectivity index (χ1v) is 6.34. The first kappa shape index (κ1) is 11.4. The SMILES string of the molecule is CNC(Cc1ccsc1)c1cc(C)nn1C. The van der Waals surface area contributed by atoms with Crippen LogP contribution in [0.5, 0.6) is 0 Å². The summed E-state index contributed by atoms with van der Waals surface area (Å²) in [5.41, 5.74) is 3.69. The third-order valence-electron chi connectivity index (χ3n) is 2.76. The van der Waals surface area contributed by atoms with E-state index in [0.717, 1.165) is 12.1 Å². The summed E-state index contributed by atoms with van der Waals surface area (Å²) in [7, 11) is 4.00. The average molecular weight is 235 g/mol. The number of rotatable bonds is 4. The van der Waals surface area contributed by atoms with Gasteiger partial charge in [0.05, 0.1) is 17.4 Å². The van der Waals surface area contributed by atoms with Crippen LogP contribution in [0.4, 0.5) is 0 Å². The lowest BCUT2D eigenvalue weighted by Crippen LogP contribution is -2.21. The normalized spacial score (nSPS) is 12.9. The molecule has 2 aromatic heterocycles. The molecule has 16 heavy (non-hydrogen) atoms. The van der Waals surface area contributed by atoms with Crippen molar-refractivity contribution in [2.24, 2.45) is 7.05 Å². The van der Waals surface area contributed by atoms with E-state index in [1.165, 1.54) is 11.3 Å². The van der Waals surface area contributed by atoms with Crippen LogP contribution in [0, 0.1) is 6.92 Å². The van der Waals surface area contributed by atoms with Gasteiger partial charge in [0.15, 0.2) is 0 Å². The number of hydrogen-bond donors (Lipinski definition) is 1. The van der Waals surface area contributed by atoms with E-state index >= 15 is 0 Å². The van der Waals surface area contributed by atoms with Gasteiger partial charge in [0.25, 0.3) is 0 Å². The Bertz CT molecular complexity index is 445. The van der Waals surface area contributed by atoms with Crippen molar-refractivity contribution in [2.75, 3.05) is 7.05 Å². The van der Waals surface area contributed by atoms with Gasteiger partial charge in [-0.15, -0.1) is 0 Å². The Balaban J connectivity index is 2.19. The second kappa shape index (κ2) is 4.80. The van der Waals surface area contributed by atoms with Crippen LogP contribution in [0.2, 0.25) is 0 Å². The summed E-state index contributed by atoms with van der Waals surface area (Å²) >= 11 is 1.75. The van der Waals surface area contributed by atoms with Crippen molar-refractivity contribution in [2.45, 2.75) is 19.4 Å². The van der Waals surface area contributed by atoms with E-state index < -0.39 is 0 Å². The van der Waals surface area contributed by atoms with Crippen molar-refractivity contribution < 1.29 is 0 Å². The molecule has 1 unspecified atom stereocenters. The first-order chi connectivity index (χ1) is 7.70. The zero-order valence-electron chi connectivity index (χ0n) is 9.90. The van der Waals surface area contributed by atoms with Crippen LogP contribution in [-0.4, -0.2) is 16.8 Å². The highest BCUT2D eigenvalue weighted by Crippen LogP contribution is 2.19. The summed E-state index contributed by atoms with van der Waals surface area (Å²) in [5.74, 6) is 0. The molecule has 1 atom stereocenters. The van der Waals surface area contributed by atoms with Crippen molar-refractivity contribution >= 4 is 11.3 Å². The van der Waals surface area contributed by atoms with Crippen molar-refractivity contribution in [1.29, 1.82) is 0 Å². The fraction of sp³-hybridized carbons (Fsp3) is 0.417. The van der Waals surface area contributed by atoms with E-state index in [1.807, 2.05) is 25.7 Å². The maximum atomic E-state index is 4.39. The molecule has 3 nitrogen and oxygen atoms in total. The molecule has 0 aliphatic rings. The Labute approximate surface area is 100 Å². The van der Waals surface area contributed by atoms with Gasteiger partial charge < -0.3 is 5.32 Å². The highest BCUT2D eigenvalue weighted by atomic mass is 32.1. The van der Waals surface area contributed by atoms with Crippen molar-refractivity contribution in [1.82, 2.24) is 15.1 Å².